The Balaban J connectivity index is 1.11. The van der Waals surface area contributed by atoms with Crippen molar-refractivity contribution in [3.8, 4) is 67.9 Å². The van der Waals surface area contributed by atoms with Gasteiger partial charge in [0, 0.05) is 38.8 Å². The fraction of sp³-hybridized carbons (Fsp3) is 0.0208. The lowest BCUT2D eigenvalue weighted by Crippen LogP contribution is -2.32. The molecule has 0 fully saturated rings. The molecule has 5 heteroatoms. The maximum atomic E-state index is 6.58. The highest BCUT2D eigenvalue weighted by Gasteiger charge is 2.51. The van der Waals surface area contributed by atoms with Crippen LogP contribution < -0.4 is 4.74 Å². The Morgan fingerprint density at radius 1 is 0.396 bits per heavy atom. The highest BCUT2D eigenvalue weighted by Crippen LogP contribution is 2.63. The Hall–Kier alpha value is -7.11. The molecule has 1 aliphatic carbocycles. The van der Waals surface area contributed by atoms with Gasteiger partial charge < -0.3 is 9.15 Å². The van der Waals surface area contributed by atoms with Crippen molar-refractivity contribution < 1.29 is 9.15 Å². The Morgan fingerprint density at radius 3 is 1.49 bits per heavy atom. The van der Waals surface area contributed by atoms with Crippen LogP contribution in [0, 0.1) is 0 Å². The smallest absolute Gasteiger partial charge is 0.164 e. The molecule has 0 unspecified atom stereocenters. The molecule has 0 radical (unpaired) electrons. The Bertz CT molecular complexity index is 2760. The van der Waals surface area contributed by atoms with Crippen molar-refractivity contribution in [2.75, 3.05) is 0 Å². The Labute approximate surface area is 305 Å². The number of benzene rings is 7. The Morgan fingerprint density at radius 2 is 0.887 bits per heavy atom. The van der Waals surface area contributed by atoms with Crippen LogP contribution in [0.25, 0.3) is 67.4 Å². The van der Waals surface area contributed by atoms with Crippen LogP contribution in [-0.2, 0) is 5.41 Å². The second-order valence-electron chi connectivity index (χ2n) is 13.5. The number of nitrogens with zero attached hydrogens (tertiary/aromatic N) is 3. The topological polar surface area (TPSA) is 61.0 Å². The number of ether oxygens (including phenoxy) is 1. The van der Waals surface area contributed by atoms with E-state index in [4.69, 9.17) is 24.1 Å². The van der Waals surface area contributed by atoms with Gasteiger partial charge in [0.1, 0.15) is 17.1 Å². The van der Waals surface area contributed by atoms with E-state index in [1.54, 1.807) is 0 Å². The highest BCUT2D eigenvalue weighted by atomic mass is 16.5. The second-order valence-corrected chi connectivity index (χ2v) is 13.5. The lowest BCUT2D eigenvalue weighted by atomic mass is 9.66. The molecule has 2 aromatic heterocycles. The molecule has 3 heterocycles. The maximum Gasteiger partial charge on any atom is 0.164 e. The number of hydrogen-bond donors (Lipinski definition) is 0. The molecule has 0 saturated carbocycles. The van der Waals surface area contributed by atoms with Crippen LogP contribution in [0.5, 0.6) is 11.5 Å². The van der Waals surface area contributed by atoms with Gasteiger partial charge in [-0.3, -0.25) is 0 Å². The molecular weight excluding hydrogens is 651 g/mol. The number of furan rings is 1. The predicted molar refractivity (Wildman–Crippen MR) is 209 cm³/mol. The van der Waals surface area contributed by atoms with Gasteiger partial charge in [-0.2, -0.15) is 0 Å². The second kappa shape index (κ2) is 11.5. The summed E-state index contributed by atoms with van der Waals surface area (Å²) in [6.45, 7) is 0. The van der Waals surface area contributed by atoms with E-state index in [9.17, 15) is 0 Å². The summed E-state index contributed by atoms with van der Waals surface area (Å²) in [6, 6.07) is 58.8. The standard InChI is InChI=1S/C48H29N3O2/c1-3-13-31(14-4-1)45-49-46(32-15-5-2-6-16-32)51-47(50-45)33-25-23-30(24-26-33)36-29-40-43(35-27-28-52-44(35)36)34-17-7-8-18-37(34)48(40)38-19-9-11-21-41(38)53-42-22-12-10-20-39(42)48/h1-29H. The molecule has 1 spiro atoms. The van der Waals surface area contributed by atoms with E-state index in [0.29, 0.717) is 17.5 Å². The monoisotopic (exact) mass is 679 g/mol. The molecule has 2 aliphatic rings. The van der Waals surface area contributed by atoms with Crippen LogP contribution in [0.4, 0.5) is 0 Å². The van der Waals surface area contributed by atoms with Gasteiger partial charge in [-0.15, -0.1) is 0 Å². The molecule has 248 valence electrons. The fourth-order valence-electron chi connectivity index (χ4n) is 8.43. The fourth-order valence-corrected chi connectivity index (χ4v) is 8.43. The summed E-state index contributed by atoms with van der Waals surface area (Å²) in [7, 11) is 0. The molecule has 0 amide bonds. The van der Waals surface area contributed by atoms with E-state index in [1.807, 2.05) is 79.1 Å². The first kappa shape index (κ1) is 29.6. The quantitative estimate of drug-likeness (QED) is 0.185. The Kier molecular flexibility index (Phi) is 6.40. The molecule has 0 saturated heterocycles. The predicted octanol–water partition coefficient (Wildman–Crippen LogP) is 11.8. The molecule has 53 heavy (non-hydrogen) atoms. The average molecular weight is 680 g/mol. The van der Waals surface area contributed by atoms with Crippen molar-refractivity contribution in [2.24, 2.45) is 0 Å². The van der Waals surface area contributed by atoms with Crippen LogP contribution >= 0.6 is 0 Å². The highest BCUT2D eigenvalue weighted by molar-refractivity contribution is 6.08. The summed E-state index contributed by atoms with van der Waals surface area (Å²) in [5.74, 6) is 3.63. The summed E-state index contributed by atoms with van der Waals surface area (Å²) in [6.07, 6.45) is 1.81. The van der Waals surface area contributed by atoms with Crippen LogP contribution in [0.1, 0.15) is 22.3 Å². The lowest BCUT2D eigenvalue weighted by molar-refractivity contribution is 0.436. The molecule has 9 aromatic rings. The summed E-state index contributed by atoms with van der Waals surface area (Å²) < 4.78 is 12.9. The van der Waals surface area contributed by atoms with E-state index in [1.165, 1.54) is 22.3 Å². The van der Waals surface area contributed by atoms with Gasteiger partial charge in [0.05, 0.1) is 11.7 Å². The first-order valence-electron chi connectivity index (χ1n) is 17.8. The van der Waals surface area contributed by atoms with Gasteiger partial charge in [-0.25, -0.2) is 15.0 Å². The summed E-state index contributed by atoms with van der Waals surface area (Å²) >= 11 is 0. The van der Waals surface area contributed by atoms with Crippen LogP contribution in [0.3, 0.4) is 0 Å². The van der Waals surface area contributed by atoms with E-state index >= 15 is 0 Å². The van der Waals surface area contributed by atoms with Crippen molar-refractivity contribution in [3.63, 3.8) is 0 Å². The van der Waals surface area contributed by atoms with Crippen molar-refractivity contribution >= 4 is 11.0 Å². The van der Waals surface area contributed by atoms with Gasteiger partial charge in [0.2, 0.25) is 0 Å². The minimum atomic E-state index is -0.579. The lowest BCUT2D eigenvalue weighted by Gasteiger charge is -2.39. The van der Waals surface area contributed by atoms with E-state index in [-0.39, 0.29) is 0 Å². The first-order chi connectivity index (χ1) is 26.3. The van der Waals surface area contributed by atoms with E-state index in [2.05, 4.69) is 97.1 Å². The van der Waals surface area contributed by atoms with Gasteiger partial charge in [0.15, 0.2) is 17.5 Å². The molecule has 7 aromatic carbocycles. The molecule has 5 nitrogen and oxygen atoms in total. The minimum Gasteiger partial charge on any atom is -0.464 e. The number of rotatable bonds is 4. The number of fused-ring (bicyclic) bond motifs is 11. The zero-order valence-electron chi connectivity index (χ0n) is 28.4. The number of aromatic nitrogens is 3. The normalized spacial score (nSPS) is 13.2. The summed E-state index contributed by atoms with van der Waals surface area (Å²) in [4.78, 5) is 14.8. The van der Waals surface area contributed by atoms with Crippen molar-refractivity contribution in [1.82, 2.24) is 15.0 Å². The molecule has 0 N–H and O–H groups in total. The largest absolute Gasteiger partial charge is 0.464 e. The zero-order chi connectivity index (χ0) is 34.9. The first-order valence-corrected chi connectivity index (χ1v) is 17.8. The summed E-state index contributed by atoms with van der Waals surface area (Å²) in [5, 5.41) is 1.09. The minimum absolute atomic E-state index is 0.579. The van der Waals surface area contributed by atoms with Gasteiger partial charge in [-0.05, 0) is 52.1 Å². The van der Waals surface area contributed by atoms with Crippen molar-refractivity contribution in [3.05, 3.63) is 198 Å². The maximum absolute atomic E-state index is 6.58. The SMILES string of the molecule is c1ccc(-c2nc(-c3ccccc3)nc(-c3ccc(-c4cc5c(c6ccoc46)-c4ccccc4C54c5ccccc5Oc5ccccc54)cc3)n2)cc1. The molecule has 1 aliphatic heterocycles. The van der Waals surface area contributed by atoms with Crippen LogP contribution in [0.2, 0.25) is 0 Å². The zero-order valence-corrected chi connectivity index (χ0v) is 28.4. The molecule has 11 rings (SSSR count). The molecule has 0 bridgehead atoms. The number of hydrogen-bond acceptors (Lipinski definition) is 5. The van der Waals surface area contributed by atoms with Gasteiger partial charge in [-0.1, -0.05) is 146 Å². The average Bonchev–Trinajstić information content (AvgIpc) is 3.83. The van der Waals surface area contributed by atoms with Gasteiger partial charge in [0.25, 0.3) is 0 Å². The third-order valence-electron chi connectivity index (χ3n) is 10.7. The van der Waals surface area contributed by atoms with Crippen LogP contribution in [0.15, 0.2) is 181 Å². The summed E-state index contributed by atoms with van der Waals surface area (Å²) in [5.41, 5.74) is 12.2. The van der Waals surface area contributed by atoms with Crippen molar-refractivity contribution in [2.45, 2.75) is 5.41 Å². The van der Waals surface area contributed by atoms with Gasteiger partial charge >= 0.3 is 0 Å². The third kappa shape index (κ3) is 4.34. The van der Waals surface area contributed by atoms with E-state index in [0.717, 1.165) is 61.4 Å². The van der Waals surface area contributed by atoms with Crippen LogP contribution in [-0.4, -0.2) is 15.0 Å². The van der Waals surface area contributed by atoms with E-state index < -0.39 is 5.41 Å². The van der Waals surface area contributed by atoms with Crippen molar-refractivity contribution in [1.29, 1.82) is 0 Å². The number of para-hydroxylation sites is 2. The third-order valence-corrected chi connectivity index (χ3v) is 10.7. The molecular formula is C48H29N3O2. The molecule has 0 atom stereocenters.